The summed E-state index contributed by atoms with van der Waals surface area (Å²) in [5, 5.41) is 4.70. The van der Waals surface area contributed by atoms with Gasteiger partial charge in [-0.25, -0.2) is 0 Å². The van der Waals surface area contributed by atoms with Crippen molar-refractivity contribution in [1.29, 1.82) is 0 Å². The molecule has 0 amide bonds. The van der Waals surface area contributed by atoms with E-state index >= 15 is 0 Å². The molecule has 10 rings (SSSR count). The van der Waals surface area contributed by atoms with Crippen molar-refractivity contribution in [2.45, 2.75) is 64.0 Å². The smallest absolute Gasteiger partial charge is 0.289 e. The number of fused-ring (bicyclic) bond motifs is 3. The van der Waals surface area contributed by atoms with Gasteiger partial charge in [0.25, 0.3) is 0 Å². The normalized spacial score (nSPS) is 24.8. The number of benzene rings is 4. The molecule has 4 aromatic carbocycles. The molecular formula is C45H35F3O. The fourth-order valence-electron chi connectivity index (χ4n) is 10.3. The van der Waals surface area contributed by atoms with Gasteiger partial charge in [-0.3, -0.25) is 4.79 Å². The van der Waals surface area contributed by atoms with Gasteiger partial charge in [-0.05, 0) is 95.8 Å². The maximum atomic E-state index is 14.9. The van der Waals surface area contributed by atoms with Crippen molar-refractivity contribution in [3.05, 3.63) is 145 Å². The van der Waals surface area contributed by atoms with Gasteiger partial charge >= 0.3 is 6.18 Å². The highest BCUT2D eigenvalue weighted by atomic mass is 19.4. The second kappa shape index (κ2) is 9.29. The molecule has 0 aromatic heterocycles. The molecule has 0 heterocycles. The standard InChI is InChI=1S/C45H35F3O/c1-43(2)21-26-12-15-28-31-19-32-29-14-11-23-7-5-8-24-13-16-36(41(29)38(23)24)44(3,4)37(32)20-33(31)42(49)34-18-30(35(22-43)39(26)40(28)34)25-9-6-10-27(17-25)45(46,47)48/h5-19,21,29-30,37H,20,22H2,1-4H3. The second-order valence-electron chi connectivity index (χ2n) is 16.1. The van der Waals surface area contributed by atoms with Gasteiger partial charge in [0.15, 0.2) is 5.78 Å². The Balaban J connectivity index is 1.22. The highest BCUT2D eigenvalue weighted by Gasteiger charge is 2.49. The van der Waals surface area contributed by atoms with Gasteiger partial charge in [-0.2, -0.15) is 13.2 Å². The van der Waals surface area contributed by atoms with Crippen molar-refractivity contribution >= 4 is 45.4 Å². The summed E-state index contributed by atoms with van der Waals surface area (Å²) in [7, 11) is 0. The summed E-state index contributed by atoms with van der Waals surface area (Å²) in [6, 6.07) is 21.1. The summed E-state index contributed by atoms with van der Waals surface area (Å²) in [6.45, 7) is 9.01. The predicted molar refractivity (Wildman–Crippen MR) is 191 cm³/mol. The van der Waals surface area contributed by atoms with Crippen LogP contribution >= 0.6 is 0 Å². The minimum absolute atomic E-state index is 0.0219. The lowest BCUT2D eigenvalue weighted by molar-refractivity contribution is -0.137. The molecule has 0 bridgehead atoms. The first-order chi connectivity index (χ1) is 23.3. The fourth-order valence-corrected chi connectivity index (χ4v) is 10.3. The van der Waals surface area contributed by atoms with Gasteiger partial charge in [0, 0.05) is 28.5 Å². The van der Waals surface area contributed by atoms with Crippen LogP contribution in [-0.4, -0.2) is 5.78 Å². The number of Topliss-reactive ketones (excluding diaryl/α,β-unsaturated/α-hetero) is 1. The zero-order valence-corrected chi connectivity index (χ0v) is 27.9. The van der Waals surface area contributed by atoms with Crippen LogP contribution in [0.4, 0.5) is 13.2 Å². The second-order valence-corrected chi connectivity index (χ2v) is 16.1. The lowest BCUT2D eigenvalue weighted by Crippen LogP contribution is -2.44. The third kappa shape index (κ3) is 3.86. The molecule has 0 aliphatic heterocycles. The van der Waals surface area contributed by atoms with Gasteiger partial charge in [-0.1, -0.05) is 124 Å². The molecule has 0 N–H and O–H groups in total. The van der Waals surface area contributed by atoms with Gasteiger partial charge < -0.3 is 0 Å². The van der Waals surface area contributed by atoms with E-state index in [4.69, 9.17) is 0 Å². The number of hydrogen-bond donors (Lipinski definition) is 0. The zero-order valence-electron chi connectivity index (χ0n) is 27.9. The molecule has 4 heteroatoms. The monoisotopic (exact) mass is 648 g/mol. The molecule has 49 heavy (non-hydrogen) atoms. The molecule has 6 aliphatic rings. The molecule has 242 valence electrons. The number of alkyl halides is 3. The van der Waals surface area contributed by atoms with Crippen molar-refractivity contribution in [2.75, 3.05) is 0 Å². The Hall–Kier alpha value is -4.70. The third-order valence-corrected chi connectivity index (χ3v) is 12.4. The Kier molecular flexibility index (Phi) is 5.55. The first-order valence-electron chi connectivity index (χ1n) is 17.3. The van der Waals surface area contributed by atoms with E-state index in [1.54, 1.807) is 6.07 Å². The van der Waals surface area contributed by atoms with E-state index in [0.29, 0.717) is 24.0 Å². The van der Waals surface area contributed by atoms with E-state index < -0.39 is 17.7 Å². The first kappa shape index (κ1) is 29.2. The van der Waals surface area contributed by atoms with E-state index in [2.05, 4.69) is 94.5 Å². The van der Waals surface area contributed by atoms with Gasteiger partial charge in [0.2, 0.25) is 0 Å². The van der Waals surface area contributed by atoms with Crippen molar-refractivity contribution in [1.82, 2.24) is 0 Å². The van der Waals surface area contributed by atoms with Crippen LogP contribution in [0.15, 0.2) is 96.1 Å². The van der Waals surface area contributed by atoms with Crippen LogP contribution in [0.25, 0.3) is 39.6 Å². The molecule has 0 fully saturated rings. The summed E-state index contributed by atoms with van der Waals surface area (Å²) in [4.78, 5) is 14.9. The molecule has 3 atom stereocenters. The Morgan fingerprint density at radius 3 is 2.53 bits per heavy atom. The highest BCUT2D eigenvalue weighted by molar-refractivity contribution is 6.35. The number of ketones is 1. The van der Waals surface area contributed by atoms with Crippen LogP contribution in [-0.2, 0) is 16.4 Å². The molecule has 0 saturated heterocycles. The number of allylic oxidation sites excluding steroid dienone is 7. The predicted octanol–water partition coefficient (Wildman–Crippen LogP) is 9.78. The molecule has 4 aromatic rings. The van der Waals surface area contributed by atoms with Crippen molar-refractivity contribution < 1.29 is 18.0 Å². The average molecular weight is 649 g/mol. The topological polar surface area (TPSA) is 17.1 Å². The zero-order chi connectivity index (χ0) is 33.8. The number of halogens is 3. The summed E-state index contributed by atoms with van der Waals surface area (Å²) < 4.78 is 41.8. The van der Waals surface area contributed by atoms with E-state index in [0.717, 1.165) is 44.3 Å². The van der Waals surface area contributed by atoms with Crippen molar-refractivity contribution in [2.24, 2.45) is 11.3 Å². The Labute approximate surface area is 283 Å². The van der Waals surface area contributed by atoms with Gasteiger partial charge in [0.1, 0.15) is 0 Å². The van der Waals surface area contributed by atoms with Gasteiger partial charge in [0.05, 0.1) is 5.56 Å². The Morgan fingerprint density at radius 1 is 0.898 bits per heavy atom. The first-order valence-corrected chi connectivity index (χ1v) is 17.3. The van der Waals surface area contributed by atoms with E-state index in [9.17, 15) is 18.0 Å². The van der Waals surface area contributed by atoms with Crippen LogP contribution in [0.3, 0.4) is 0 Å². The molecule has 6 aliphatic carbocycles. The van der Waals surface area contributed by atoms with Crippen LogP contribution < -0.4 is 10.4 Å². The van der Waals surface area contributed by atoms with Crippen molar-refractivity contribution in [3.8, 4) is 0 Å². The largest absolute Gasteiger partial charge is 0.416 e. The fraction of sp³-hybridized carbons (Fsp3) is 0.267. The summed E-state index contributed by atoms with van der Waals surface area (Å²) in [5.74, 6) is -0.115. The van der Waals surface area contributed by atoms with E-state index in [-0.39, 0.29) is 28.4 Å². The number of hydrogen-bond acceptors (Lipinski definition) is 1. The lowest BCUT2D eigenvalue weighted by Gasteiger charge is -2.49. The molecular weight excluding hydrogens is 613 g/mol. The Morgan fingerprint density at radius 2 is 1.71 bits per heavy atom. The number of rotatable bonds is 1. The number of carbonyl (C=O) groups is 1. The quantitative estimate of drug-likeness (QED) is 0.201. The van der Waals surface area contributed by atoms with E-state index in [1.807, 2.05) is 6.08 Å². The average Bonchev–Trinajstić information content (AvgIpc) is 3.06. The summed E-state index contributed by atoms with van der Waals surface area (Å²) in [5.41, 5.74) is 10.5. The lowest BCUT2D eigenvalue weighted by atomic mass is 9.54. The minimum Gasteiger partial charge on any atom is -0.289 e. The van der Waals surface area contributed by atoms with Gasteiger partial charge in [-0.15, -0.1) is 0 Å². The SMILES string of the molecule is CC1(C)C=c2ccc3c4c2=C(C1)C(c1cccc(C(F)(F)F)c1)C=C4C(=O)C1=C3C=C2C3C=Cc4cccc5ccc(c3c45)C(C)(C)C2C1. The molecule has 0 radical (unpaired) electrons. The van der Waals surface area contributed by atoms with Crippen LogP contribution in [0.5, 0.6) is 0 Å². The number of carbonyl (C=O) groups excluding carboxylic acids is 1. The maximum absolute atomic E-state index is 14.9. The Bertz CT molecular complexity index is 2510. The maximum Gasteiger partial charge on any atom is 0.416 e. The van der Waals surface area contributed by atoms with Crippen LogP contribution in [0, 0.1) is 11.3 Å². The molecule has 3 unspecified atom stereocenters. The van der Waals surface area contributed by atoms with Crippen LogP contribution in [0.2, 0.25) is 0 Å². The summed E-state index contributed by atoms with van der Waals surface area (Å²) >= 11 is 0. The molecule has 0 spiro atoms. The molecule has 1 nitrogen and oxygen atoms in total. The van der Waals surface area contributed by atoms with E-state index in [1.165, 1.54) is 45.2 Å². The summed E-state index contributed by atoms with van der Waals surface area (Å²) in [6.07, 6.45) is 8.13. The van der Waals surface area contributed by atoms with Crippen LogP contribution in [0.1, 0.15) is 91.3 Å². The third-order valence-electron chi connectivity index (χ3n) is 12.4. The van der Waals surface area contributed by atoms with Crippen molar-refractivity contribution in [3.63, 3.8) is 0 Å². The minimum atomic E-state index is -4.45. The molecule has 0 saturated carbocycles. The highest BCUT2D eigenvalue weighted by Crippen LogP contribution is 2.59.